The van der Waals surface area contributed by atoms with Crippen molar-refractivity contribution in [3.8, 4) is 0 Å². The fraction of sp³-hybridized carbons (Fsp3) is 1.00. The molecule has 196 valence electrons. The normalized spacial score (nSPS) is 11.6. The van der Waals surface area contributed by atoms with Gasteiger partial charge in [-0.15, -0.1) is 0 Å². The van der Waals surface area contributed by atoms with E-state index in [0.717, 1.165) is 0 Å². The lowest BCUT2D eigenvalue weighted by Gasteiger charge is -2.35. The van der Waals surface area contributed by atoms with E-state index in [2.05, 4.69) is 36.8 Å². The van der Waals surface area contributed by atoms with Crippen LogP contribution in [0, 0.1) is 0 Å². The third-order valence-electron chi connectivity index (χ3n) is 7.18. The van der Waals surface area contributed by atoms with Gasteiger partial charge in [-0.25, -0.2) is 0 Å². The number of hydrogen-bond donors (Lipinski definition) is 0. The molecule has 0 aromatic carbocycles. The Morgan fingerprint density at radius 3 is 0.938 bits per heavy atom. The second-order valence-corrected chi connectivity index (χ2v) is 11.3. The number of hydrogen-bond acceptors (Lipinski definition) is 0. The predicted molar refractivity (Wildman–Crippen MR) is 148 cm³/mol. The molecule has 0 N–H and O–H groups in total. The molecule has 0 aromatic rings. The third kappa shape index (κ3) is 25.8. The molecule has 0 aliphatic carbocycles. The van der Waals surface area contributed by atoms with Gasteiger partial charge in [0.05, 0.1) is 26.7 Å². The molecule has 3 heteroatoms. The summed E-state index contributed by atoms with van der Waals surface area (Å²) in [5, 5.41) is 1.17. The zero-order chi connectivity index (χ0) is 22.9. The second-order valence-electron chi connectivity index (χ2n) is 10.6. The summed E-state index contributed by atoms with van der Waals surface area (Å²) in [6.45, 7) is 8.83. The smallest absolute Gasteiger partial charge is 0.0784 e. The molecule has 0 spiro atoms. The first-order chi connectivity index (χ1) is 15.2. The van der Waals surface area contributed by atoms with Gasteiger partial charge in [-0.2, -0.15) is 0 Å². The Morgan fingerprint density at radius 1 is 0.406 bits per heavy atom. The summed E-state index contributed by atoms with van der Waals surface area (Å²) in [6, 6.07) is 0. The third-order valence-corrected chi connectivity index (χ3v) is 7.75. The number of nitrogens with zero attached hydrogens (tertiary/aromatic N) is 1. The van der Waals surface area contributed by atoms with E-state index < -0.39 is 0 Å². The highest BCUT2D eigenvalue weighted by Crippen LogP contribution is 2.16. The van der Waals surface area contributed by atoms with Crippen LogP contribution in [0.1, 0.15) is 155 Å². The number of unbranched alkanes of at least 4 members (excludes halogenated alkanes) is 19. The molecule has 0 aliphatic heterocycles. The number of rotatable bonds is 26. The fourth-order valence-electron chi connectivity index (χ4n) is 4.89. The molecule has 1 nitrogen and oxygen atoms in total. The zero-order valence-electron chi connectivity index (χ0n) is 22.6. The molecule has 0 atom stereocenters. The van der Waals surface area contributed by atoms with E-state index in [1.54, 1.807) is 0 Å². The van der Waals surface area contributed by atoms with Crippen molar-refractivity contribution in [2.45, 2.75) is 155 Å². The highest BCUT2D eigenvalue weighted by Gasteiger charge is 2.20. The Hall–Kier alpha value is 1.17. The zero-order valence-corrected chi connectivity index (χ0v) is 26.3. The van der Waals surface area contributed by atoms with E-state index in [9.17, 15) is 0 Å². The predicted octanol–water partition coefficient (Wildman–Crippen LogP) is 7.45. The Kier molecular flexibility index (Phi) is 31.4. The molecule has 0 fully saturated rings. The van der Waals surface area contributed by atoms with Gasteiger partial charge in [-0.1, -0.05) is 133 Å². The summed E-state index contributed by atoms with van der Waals surface area (Å²) < 4.78 is 1.33. The van der Waals surface area contributed by atoms with Crippen LogP contribution in [0.2, 0.25) is 0 Å². The first-order valence-corrected chi connectivity index (χ1v) is 15.7. The van der Waals surface area contributed by atoms with Gasteiger partial charge in [0.25, 0.3) is 0 Å². The summed E-state index contributed by atoms with van der Waals surface area (Å²) in [5.41, 5.74) is 0. The standard InChI is InChI=1S/C29H61BrN.HI/c1-4-6-8-10-12-14-16-18-20-23-27-31(3,29-25-22-26-30)28-24-21-19-17-15-13-11-9-7-5-2;/h4-29H2,1-3H3;1H/q+1;/p-1. The average molecular weight is 631 g/mol. The average Bonchev–Trinajstić information content (AvgIpc) is 2.76. The number of alkyl halides is 1. The van der Waals surface area contributed by atoms with Gasteiger partial charge in [0.1, 0.15) is 0 Å². The van der Waals surface area contributed by atoms with E-state index >= 15 is 0 Å². The lowest BCUT2D eigenvalue weighted by molar-refractivity contribution is -0.910. The van der Waals surface area contributed by atoms with Crippen molar-refractivity contribution in [1.29, 1.82) is 0 Å². The molecule has 0 aliphatic rings. The topological polar surface area (TPSA) is 0 Å². The van der Waals surface area contributed by atoms with Crippen molar-refractivity contribution in [3.63, 3.8) is 0 Å². The molecule has 0 saturated heterocycles. The van der Waals surface area contributed by atoms with Crippen LogP contribution < -0.4 is 24.0 Å². The second kappa shape index (κ2) is 28.4. The molecule has 32 heavy (non-hydrogen) atoms. The molecule has 0 aromatic heterocycles. The molecular formula is C29H61BrIN. The van der Waals surface area contributed by atoms with Crippen LogP contribution in [0.5, 0.6) is 0 Å². The maximum atomic E-state index is 3.63. The van der Waals surface area contributed by atoms with Crippen LogP contribution >= 0.6 is 15.9 Å². The van der Waals surface area contributed by atoms with Gasteiger partial charge < -0.3 is 28.5 Å². The molecule has 0 radical (unpaired) electrons. The minimum absolute atomic E-state index is 0. The lowest BCUT2D eigenvalue weighted by Crippen LogP contribution is -3.00. The Labute approximate surface area is 230 Å². The van der Waals surface area contributed by atoms with Gasteiger partial charge in [-0.3, -0.25) is 0 Å². The maximum absolute atomic E-state index is 3.63. The van der Waals surface area contributed by atoms with E-state index in [-0.39, 0.29) is 24.0 Å². The number of quaternary nitrogens is 1. The summed E-state index contributed by atoms with van der Waals surface area (Å²) in [6.07, 6.45) is 31.7. The van der Waals surface area contributed by atoms with Crippen molar-refractivity contribution in [3.05, 3.63) is 0 Å². The van der Waals surface area contributed by atoms with Crippen LogP contribution in [-0.2, 0) is 0 Å². The van der Waals surface area contributed by atoms with Crippen LogP contribution in [0.25, 0.3) is 0 Å². The Morgan fingerprint density at radius 2 is 0.656 bits per heavy atom. The Balaban J connectivity index is 0. The molecule has 0 amide bonds. The van der Waals surface area contributed by atoms with Crippen molar-refractivity contribution < 1.29 is 28.5 Å². The summed E-state index contributed by atoms with van der Waals surface area (Å²) in [5.74, 6) is 0. The quantitative estimate of drug-likeness (QED) is 0.0403. The molecule has 0 heterocycles. The first-order valence-electron chi connectivity index (χ1n) is 14.6. The van der Waals surface area contributed by atoms with Crippen LogP contribution in [0.4, 0.5) is 0 Å². The van der Waals surface area contributed by atoms with Crippen molar-refractivity contribution >= 4 is 15.9 Å². The monoisotopic (exact) mass is 629 g/mol. The van der Waals surface area contributed by atoms with E-state index in [4.69, 9.17) is 0 Å². The van der Waals surface area contributed by atoms with Gasteiger partial charge >= 0.3 is 0 Å². The summed E-state index contributed by atoms with van der Waals surface area (Å²) >= 11 is 3.63. The van der Waals surface area contributed by atoms with Crippen molar-refractivity contribution in [1.82, 2.24) is 0 Å². The Bertz CT molecular complexity index is 313. The molecule has 0 rings (SSSR count). The van der Waals surface area contributed by atoms with E-state index in [0.29, 0.717) is 0 Å². The highest BCUT2D eigenvalue weighted by molar-refractivity contribution is 9.09. The number of halogens is 2. The molecule has 0 bridgehead atoms. The van der Waals surface area contributed by atoms with Crippen molar-refractivity contribution in [2.75, 3.05) is 32.0 Å². The minimum Gasteiger partial charge on any atom is -1.00 e. The van der Waals surface area contributed by atoms with Crippen LogP contribution in [-0.4, -0.2) is 36.5 Å². The fourth-order valence-corrected chi connectivity index (χ4v) is 5.28. The molecular weight excluding hydrogens is 569 g/mol. The minimum atomic E-state index is 0. The van der Waals surface area contributed by atoms with Gasteiger partial charge in [-0.05, 0) is 38.5 Å². The van der Waals surface area contributed by atoms with Crippen molar-refractivity contribution in [2.24, 2.45) is 0 Å². The SMILES string of the molecule is CCCCCCCCCCCC[N+](C)(CCCCBr)CCCCCCCCCCCC.[I-]. The van der Waals surface area contributed by atoms with E-state index in [1.807, 2.05) is 0 Å². The summed E-state index contributed by atoms with van der Waals surface area (Å²) in [7, 11) is 2.55. The van der Waals surface area contributed by atoms with Gasteiger partial charge in [0.15, 0.2) is 0 Å². The maximum Gasteiger partial charge on any atom is 0.0784 e. The van der Waals surface area contributed by atoms with Gasteiger partial charge in [0, 0.05) is 5.33 Å². The van der Waals surface area contributed by atoms with Gasteiger partial charge in [0.2, 0.25) is 0 Å². The first kappa shape index (κ1) is 35.3. The largest absolute Gasteiger partial charge is 1.00 e. The highest BCUT2D eigenvalue weighted by atomic mass is 127. The molecule has 0 unspecified atom stereocenters. The van der Waals surface area contributed by atoms with Crippen LogP contribution in [0.3, 0.4) is 0 Å². The molecule has 0 saturated carbocycles. The summed E-state index contributed by atoms with van der Waals surface area (Å²) in [4.78, 5) is 0. The van der Waals surface area contributed by atoms with E-state index in [1.165, 1.54) is 171 Å². The van der Waals surface area contributed by atoms with Crippen LogP contribution in [0.15, 0.2) is 0 Å². The lowest BCUT2D eigenvalue weighted by atomic mass is 10.1.